The van der Waals surface area contributed by atoms with Gasteiger partial charge in [0.05, 0.1) is 12.1 Å². The Kier molecular flexibility index (Phi) is 3.51. The minimum absolute atomic E-state index is 0.0787. The quantitative estimate of drug-likeness (QED) is 0.827. The summed E-state index contributed by atoms with van der Waals surface area (Å²) in [6, 6.07) is 7.37. The first-order valence-electron chi connectivity index (χ1n) is 7.12. The number of rotatable bonds is 2. The highest BCUT2D eigenvalue weighted by molar-refractivity contribution is 5.94. The molecule has 2 aliphatic heterocycles. The van der Waals surface area contributed by atoms with Crippen molar-refractivity contribution < 1.29 is 14.5 Å². The number of carbonyl (C=O) groups is 1. The van der Waals surface area contributed by atoms with E-state index in [1.54, 1.807) is 12.1 Å². The van der Waals surface area contributed by atoms with Crippen LogP contribution >= 0.6 is 0 Å². The summed E-state index contributed by atoms with van der Waals surface area (Å²) in [5.41, 5.74) is 0.543. The summed E-state index contributed by atoms with van der Waals surface area (Å²) in [5, 5.41) is 5.58. The van der Waals surface area contributed by atoms with Crippen molar-refractivity contribution >= 4 is 5.91 Å². The van der Waals surface area contributed by atoms with Crippen LogP contribution in [0.15, 0.2) is 24.3 Å². The van der Waals surface area contributed by atoms with Gasteiger partial charge in [0.2, 0.25) is 0 Å². The lowest BCUT2D eigenvalue weighted by molar-refractivity contribution is -0.739. The first kappa shape index (κ1) is 12.6. The average Bonchev–Trinajstić information content (AvgIpc) is 2.39. The van der Waals surface area contributed by atoms with Crippen LogP contribution in [0.1, 0.15) is 42.5 Å². The fourth-order valence-corrected chi connectivity index (χ4v) is 3.43. The van der Waals surface area contributed by atoms with Gasteiger partial charge in [-0.15, -0.1) is 0 Å². The van der Waals surface area contributed by atoms with Gasteiger partial charge in [-0.2, -0.15) is 0 Å². The van der Waals surface area contributed by atoms with Crippen LogP contribution in [0.5, 0.6) is 0 Å². The highest BCUT2D eigenvalue weighted by Gasteiger charge is 2.35. The fourth-order valence-electron chi connectivity index (χ4n) is 3.43. The van der Waals surface area contributed by atoms with Crippen LogP contribution in [-0.4, -0.2) is 24.0 Å². The molecule has 102 valence electrons. The Hall–Kier alpha value is -1.42. The molecule has 4 heteroatoms. The molecule has 2 bridgehead atoms. The molecule has 0 radical (unpaired) electrons. The number of carbonyl (C=O) groups excluding carboxylic acids is 1. The number of quaternary nitrogens is 1. The van der Waals surface area contributed by atoms with Crippen molar-refractivity contribution in [1.82, 2.24) is 5.32 Å². The van der Waals surface area contributed by atoms with Crippen molar-refractivity contribution in [3.8, 4) is 0 Å². The molecule has 3 N–H and O–H groups in total. The molecular weight excluding hydrogens is 243 g/mol. The lowest BCUT2D eigenvalue weighted by Gasteiger charge is -2.37. The minimum atomic E-state index is -0.307. The van der Waals surface area contributed by atoms with Gasteiger partial charge in [-0.1, -0.05) is 0 Å². The Morgan fingerprint density at radius 3 is 2.42 bits per heavy atom. The van der Waals surface area contributed by atoms with Gasteiger partial charge in [0.25, 0.3) is 5.91 Å². The molecule has 2 fully saturated rings. The van der Waals surface area contributed by atoms with Crippen molar-refractivity contribution in [3.63, 3.8) is 0 Å². The number of hydrogen-bond acceptors (Lipinski definition) is 1. The second-order valence-electron chi connectivity index (χ2n) is 5.79. The molecule has 2 atom stereocenters. The SMILES string of the molecule is O=C(NC1C[C@H]2CCC[C@H](C1)[NH2+]2)c1ccc(F)cc1. The van der Waals surface area contributed by atoms with Gasteiger partial charge >= 0.3 is 0 Å². The highest BCUT2D eigenvalue weighted by Crippen LogP contribution is 2.20. The van der Waals surface area contributed by atoms with Gasteiger partial charge < -0.3 is 10.6 Å². The largest absolute Gasteiger partial charge is 0.349 e. The number of benzene rings is 1. The Balaban J connectivity index is 1.61. The summed E-state index contributed by atoms with van der Waals surface area (Å²) in [5.74, 6) is -0.386. The second-order valence-corrected chi connectivity index (χ2v) is 5.79. The van der Waals surface area contributed by atoms with Crippen LogP contribution in [0.2, 0.25) is 0 Å². The van der Waals surface area contributed by atoms with E-state index < -0.39 is 0 Å². The Morgan fingerprint density at radius 1 is 1.16 bits per heavy atom. The van der Waals surface area contributed by atoms with E-state index in [0.29, 0.717) is 17.6 Å². The maximum atomic E-state index is 12.8. The minimum Gasteiger partial charge on any atom is -0.349 e. The van der Waals surface area contributed by atoms with Crippen LogP contribution in [0.4, 0.5) is 4.39 Å². The molecule has 1 aromatic carbocycles. The van der Waals surface area contributed by atoms with Gasteiger partial charge in [0.1, 0.15) is 5.82 Å². The van der Waals surface area contributed by atoms with Crippen molar-refractivity contribution in [2.45, 2.75) is 50.2 Å². The molecule has 1 amide bonds. The molecule has 2 heterocycles. The number of nitrogens with two attached hydrogens (primary N) is 1. The van der Waals surface area contributed by atoms with E-state index in [-0.39, 0.29) is 17.8 Å². The zero-order chi connectivity index (χ0) is 13.2. The number of nitrogens with one attached hydrogen (secondary N) is 1. The summed E-state index contributed by atoms with van der Waals surface area (Å²) in [6.45, 7) is 0. The molecule has 0 unspecified atom stereocenters. The highest BCUT2D eigenvalue weighted by atomic mass is 19.1. The average molecular weight is 263 g/mol. The van der Waals surface area contributed by atoms with Crippen LogP contribution in [0.3, 0.4) is 0 Å². The van der Waals surface area contributed by atoms with E-state index in [4.69, 9.17) is 0 Å². The molecular formula is C15H20FN2O+. The molecule has 1 aromatic rings. The fraction of sp³-hybridized carbons (Fsp3) is 0.533. The normalized spacial score (nSPS) is 29.8. The monoisotopic (exact) mass is 263 g/mol. The summed E-state index contributed by atoms with van der Waals surface area (Å²) >= 11 is 0. The maximum Gasteiger partial charge on any atom is 0.251 e. The molecule has 0 saturated carbocycles. The standard InChI is InChI=1S/C15H19FN2O/c16-11-6-4-10(5-7-11)15(19)18-14-8-12-2-1-3-13(9-14)17-12/h4-7,12-14,17H,1-3,8-9H2,(H,18,19)/p+1/t12-,13-/m1/s1. The lowest BCUT2D eigenvalue weighted by atomic mass is 9.84. The lowest BCUT2D eigenvalue weighted by Crippen LogP contribution is -2.98. The third kappa shape index (κ3) is 2.95. The van der Waals surface area contributed by atoms with E-state index in [1.165, 1.54) is 31.4 Å². The molecule has 19 heavy (non-hydrogen) atoms. The van der Waals surface area contributed by atoms with Gasteiger partial charge in [-0.05, 0) is 43.5 Å². The van der Waals surface area contributed by atoms with E-state index in [2.05, 4.69) is 10.6 Å². The summed E-state index contributed by atoms with van der Waals surface area (Å²) in [7, 11) is 0. The van der Waals surface area contributed by atoms with E-state index >= 15 is 0 Å². The second kappa shape index (κ2) is 5.29. The Bertz CT molecular complexity index is 448. The Morgan fingerprint density at radius 2 is 1.79 bits per heavy atom. The smallest absolute Gasteiger partial charge is 0.251 e. The predicted molar refractivity (Wildman–Crippen MR) is 70.2 cm³/mol. The van der Waals surface area contributed by atoms with Crippen LogP contribution in [0.25, 0.3) is 0 Å². The van der Waals surface area contributed by atoms with E-state index in [1.807, 2.05) is 0 Å². The first-order valence-corrected chi connectivity index (χ1v) is 7.12. The molecule has 2 aliphatic rings. The van der Waals surface area contributed by atoms with Crippen LogP contribution in [-0.2, 0) is 0 Å². The third-order valence-electron chi connectivity index (χ3n) is 4.31. The van der Waals surface area contributed by atoms with E-state index in [9.17, 15) is 9.18 Å². The number of fused-ring (bicyclic) bond motifs is 2. The molecule has 0 spiro atoms. The van der Waals surface area contributed by atoms with Gasteiger partial charge in [0, 0.05) is 24.4 Å². The number of piperidine rings is 2. The number of amides is 1. The third-order valence-corrected chi connectivity index (χ3v) is 4.31. The predicted octanol–water partition coefficient (Wildman–Crippen LogP) is 1.20. The summed E-state index contributed by atoms with van der Waals surface area (Å²) in [4.78, 5) is 12.1. The van der Waals surface area contributed by atoms with Crippen molar-refractivity contribution in [3.05, 3.63) is 35.6 Å². The van der Waals surface area contributed by atoms with Crippen molar-refractivity contribution in [1.29, 1.82) is 0 Å². The van der Waals surface area contributed by atoms with Gasteiger partial charge in [0.15, 0.2) is 0 Å². The molecule has 0 aliphatic carbocycles. The molecule has 3 nitrogen and oxygen atoms in total. The van der Waals surface area contributed by atoms with Crippen LogP contribution < -0.4 is 10.6 Å². The number of halogens is 1. The summed E-state index contributed by atoms with van der Waals surface area (Å²) in [6.07, 6.45) is 5.97. The molecule has 2 saturated heterocycles. The van der Waals surface area contributed by atoms with Crippen molar-refractivity contribution in [2.75, 3.05) is 0 Å². The number of hydrogen-bond donors (Lipinski definition) is 2. The zero-order valence-corrected chi connectivity index (χ0v) is 10.9. The molecule has 0 aromatic heterocycles. The maximum absolute atomic E-state index is 12.8. The van der Waals surface area contributed by atoms with Crippen molar-refractivity contribution in [2.24, 2.45) is 0 Å². The summed E-state index contributed by atoms with van der Waals surface area (Å²) < 4.78 is 12.8. The Labute approximate surface area is 112 Å². The first-order chi connectivity index (χ1) is 9.20. The zero-order valence-electron chi connectivity index (χ0n) is 10.9. The van der Waals surface area contributed by atoms with Gasteiger partial charge in [-0.25, -0.2) is 4.39 Å². The topological polar surface area (TPSA) is 45.7 Å². The molecule has 3 rings (SSSR count). The van der Waals surface area contributed by atoms with Crippen LogP contribution in [0, 0.1) is 5.82 Å². The van der Waals surface area contributed by atoms with Gasteiger partial charge in [-0.3, -0.25) is 4.79 Å². The van der Waals surface area contributed by atoms with E-state index in [0.717, 1.165) is 12.8 Å².